The standard InChI is InChI=1S/C19H19F2N3O/c1-11(2)24-12(3)23-17-8-13(4-7-18(17)24)10-22-19(25)14-5-6-15(20)16(21)9-14/h4-9,11H,10H2,1-3H3,(H,22,25). The summed E-state index contributed by atoms with van der Waals surface area (Å²) >= 11 is 0. The Morgan fingerprint density at radius 3 is 2.60 bits per heavy atom. The Balaban J connectivity index is 1.77. The molecule has 3 rings (SSSR count). The molecule has 0 aliphatic carbocycles. The highest BCUT2D eigenvalue weighted by Crippen LogP contribution is 2.21. The molecule has 0 atom stereocenters. The van der Waals surface area contributed by atoms with Gasteiger partial charge >= 0.3 is 0 Å². The molecule has 3 aromatic rings. The number of hydrogen-bond donors (Lipinski definition) is 1. The Kier molecular flexibility index (Phi) is 4.53. The molecule has 0 bridgehead atoms. The van der Waals surface area contributed by atoms with Gasteiger partial charge in [-0.05, 0) is 56.7 Å². The largest absolute Gasteiger partial charge is 0.348 e. The van der Waals surface area contributed by atoms with Crippen LogP contribution in [-0.4, -0.2) is 15.5 Å². The number of hydrogen-bond acceptors (Lipinski definition) is 2. The number of aryl methyl sites for hydroxylation is 1. The van der Waals surface area contributed by atoms with Crippen LogP contribution in [0, 0.1) is 18.6 Å². The average Bonchev–Trinajstić information content (AvgIpc) is 2.90. The summed E-state index contributed by atoms with van der Waals surface area (Å²) in [6.45, 7) is 6.44. The first-order chi connectivity index (χ1) is 11.9. The molecule has 0 saturated heterocycles. The molecule has 1 aromatic heterocycles. The molecule has 0 spiro atoms. The molecule has 130 valence electrons. The zero-order chi connectivity index (χ0) is 18.1. The van der Waals surface area contributed by atoms with Crippen molar-refractivity contribution in [1.29, 1.82) is 0 Å². The van der Waals surface area contributed by atoms with Gasteiger partial charge in [0, 0.05) is 18.2 Å². The van der Waals surface area contributed by atoms with Crippen molar-refractivity contribution in [2.24, 2.45) is 0 Å². The van der Waals surface area contributed by atoms with Crippen LogP contribution in [0.5, 0.6) is 0 Å². The van der Waals surface area contributed by atoms with Crippen molar-refractivity contribution < 1.29 is 13.6 Å². The fourth-order valence-corrected chi connectivity index (χ4v) is 2.95. The van der Waals surface area contributed by atoms with Crippen LogP contribution in [0.3, 0.4) is 0 Å². The quantitative estimate of drug-likeness (QED) is 0.774. The second-order valence-corrected chi connectivity index (χ2v) is 6.26. The average molecular weight is 343 g/mol. The molecule has 25 heavy (non-hydrogen) atoms. The van der Waals surface area contributed by atoms with Crippen molar-refractivity contribution in [3.8, 4) is 0 Å². The van der Waals surface area contributed by atoms with Gasteiger partial charge in [0.2, 0.25) is 0 Å². The second-order valence-electron chi connectivity index (χ2n) is 6.26. The predicted molar refractivity (Wildman–Crippen MR) is 92.4 cm³/mol. The van der Waals surface area contributed by atoms with Crippen LogP contribution in [0.2, 0.25) is 0 Å². The first kappa shape index (κ1) is 17.1. The molecule has 1 N–H and O–H groups in total. The maximum Gasteiger partial charge on any atom is 0.251 e. The number of fused-ring (bicyclic) bond motifs is 1. The van der Waals surface area contributed by atoms with Gasteiger partial charge in [0.15, 0.2) is 11.6 Å². The fraction of sp³-hybridized carbons (Fsp3) is 0.263. The van der Waals surface area contributed by atoms with Crippen LogP contribution in [0.15, 0.2) is 36.4 Å². The molecule has 0 saturated carbocycles. The minimum atomic E-state index is -1.04. The minimum Gasteiger partial charge on any atom is -0.348 e. The van der Waals surface area contributed by atoms with Crippen LogP contribution in [0.1, 0.15) is 41.6 Å². The Bertz CT molecular complexity index is 947. The van der Waals surface area contributed by atoms with Crippen LogP contribution < -0.4 is 5.32 Å². The first-order valence-corrected chi connectivity index (χ1v) is 8.07. The minimum absolute atomic E-state index is 0.0832. The predicted octanol–water partition coefficient (Wildman–Crippen LogP) is 4.13. The second kappa shape index (κ2) is 6.63. The summed E-state index contributed by atoms with van der Waals surface area (Å²) in [5.41, 5.74) is 2.88. The number of halogens is 2. The highest BCUT2D eigenvalue weighted by atomic mass is 19.2. The Labute approximate surface area is 144 Å². The number of amides is 1. The number of aromatic nitrogens is 2. The lowest BCUT2D eigenvalue weighted by Crippen LogP contribution is -2.23. The van der Waals surface area contributed by atoms with E-state index in [0.717, 1.165) is 34.6 Å². The highest BCUT2D eigenvalue weighted by molar-refractivity contribution is 5.94. The summed E-state index contributed by atoms with van der Waals surface area (Å²) in [5.74, 6) is -1.53. The summed E-state index contributed by atoms with van der Waals surface area (Å²) in [7, 11) is 0. The van der Waals surface area contributed by atoms with E-state index in [-0.39, 0.29) is 12.1 Å². The molecule has 2 aromatic carbocycles. The Morgan fingerprint density at radius 2 is 1.92 bits per heavy atom. The number of carbonyl (C=O) groups excluding carboxylic acids is 1. The van der Waals surface area contributed by atoms with E-state index in [1.54, 1.807) is 0 Å². The SMILES string of the molecule is Cc1nc2cc(CNC(=O)c3ccc(F)c(F)c3)ccc2n1C(C)C. The molecule has 0 aliphatic heterocycles. The monoisotopic (exact) mass is 343 g/mol. The first-order valence-electron chi connectivity index (χ1n) is 8.07. The molecule has 0 radical (unpaired) electrons. The summed E-state index contributed by atoms with van der Waals surface area (Å²) in [6, 6.07) is 9.22. The molecule has 1 amide bonds. The Hall–Kier alpha value is -2.76. The van der Waals surface area contributed by atoms with Gasteiger partial charge < -0.3 is 9.88 Å². The molecule has 0 unspecified atom stereocenters. The van der Waals surface area contributed by atoms with Gasteiger partial charge in [-0.1, -0.05) is 6.07 Å². The normalized spacial score (nSPS) is 11.3. The molecule has 4 nitrogen and oxygen atoms in total. The maximum atomic E-state index is 13.2. The van der Waals surface area contributed by atoms with Gasteiger partial charge in [0.25, 0.3) is 5.91 Å². The number of rotatable bonds is 4. The van der Waals surface area contributed by atoms with E-state index in [1.807, 2.05) is 25.1 Å². The third-order valence-corrected chi connectivity index (χ3v) is 4.08. The van der Waals surface area contributed by atoms with Crippen molar-refractivity contribution in [2.45, 2.75) is 33.4 Å². The van der Waals surface area contributed by atoms with Crippen LogP contribution in [0.25, 0.3) is 11.0 Å². The van der Waals surface area contributed by atoms with Crippen molar-refractivity contribution in [3.05, 3.63) is 65.0 Å². The van der Waals surface area contributed by atoms with E-state index in [4.69, 9.17) is 0 Å². The van der Waals surface area contributed by atoms with Gasteiger partial charge in [-0.25, -0.2) is 13.8 Å². The van der Waals surface area contributed by atoms with E-state index in [1.165, 1.54) is 6.07 Å². The molecule has 0 aliphatic rings. The van der Waals surface area contributed by atoms with Gasteiger partial charge in [-0.3, -0.25) is 4.79 Å². The molecular weight excluding hydrogens is 324 g/mol. The maximum absolute atomic E-state index is 13.2. The number of nitrogens with one attached hydrogen (secondary N) is 1. The lowest BCUT2D eigenvalue weighted by Gasteiger charge is -2.11. The van der Waals surface area contributed by atoms with Gasteiger partial charge in [0.05, 0.1) is 11.0 Å². The van der Waals surface area contributed by atoms with E-state index < -0.39 is 17.5 Å². The number of imidazole rings is 1. The summed E-state index contributed by atoms with van der Waals surface area (Å²) in [6.07, 6.45) is 0. The molecule has 1 heterocycles. The topological polar surface area (TPSA) is 46.9 Å². The summed E-state index contributed by atoms with van der Waals surface area (Å²) < 4.78 is 28.3. The van der Waals surface area contributed by atoms with Gasteiger partial charge in [0.1, 0.15) is 5.82 Å². The zero-order valence-electron chi connectivity index (χ0n) is 14.3. The van der Waals surface area contributed by atoms with Crippen LogP contribution >= 0.6 is 0 Å². The summed E-state index contributed by atoms with van der Waals surface area (Å²) in [5, 5.41) is 2.71. The molecule has 0 fully saturated rings. The lowest BCUT2D eigenvalue weighted by molar-refractivity contribution is 0.0950. The van der Waals surface area contributed by atoms with E-state index in [9.17, 15) is 13.6 Å². The van der Waals surface area contributed by atoms with Crippen molar-refractivity contribution in [1.82, 2.24) is 14.9 Å². The summed E-state index contributed by atoms with van der Waals surface area (Å²) in [4.78, 5) is 16.6. The van der Waals surface area contributed by atoms with Crippen LogP contribution in [-0.2, 0) is 6.54 Å². The third-order valence-electron chi connectivity index (χ3n) is 4.08. The fourth-order valence-electron chi connectivity index (χ4n) is 2.95. The van der Waals surface area contributed by atoms with Crippen LogP contribution in [0.4, 0.5) is 8.78 Å². The van der Waals surface area contributed by atoms with E-state index in [0.29, 0.717) is 6.04 Å². The van der Waals surface area contributed by atoms with Crippen molar-refractivity contribution in [3.63, 3.8) is 0 Å². The number of benzene rings is 2. The third kappa shape index (κ3) is 3.38. The van der Waals surface area contributed by atoms with Gasteiger partial charge in [-0.2, -0.15) is 0 Å². The Morgan fingerprint density at radius 1 is 1.16 bits per heavy atom. The lowest BCUT2D eigenvalue weighted by atomic mass is 10.1. The van der Waals surface area contributed by atoms with E-state index >= 15 is 0 Å². The number of nitrogens with zero attached hydrogens (tertiary/aromatic N) is 2. The molecule has 6 heteroatoms. The van der Waals surface area contributed by atoms with Crippen molar-refractivity contribution in [2.75, 3.05) is 0 Å². The zero-order valence-corrected chi connectivity index (χ0v) is 14.3. The number of carbonyl (C=O) groups is 1. The van der Waals surface area contributed by atoms with Gasteiger partial charge in [-0.15, -0.1) is 0 Å². The molecular formula is C19H19F2N3O. The highest BCUT2D eigenvalue weighted by Gasteiger charge is 2.12. The smallest absolute Gasteiger partial charge is 0.251 e. The van der Waals surface area contributed by atoms with Crippen molar-refractivity contribution >= 4 is 16.9 Å². The van der Waals surface area contributed by atoms with E-state index in [2.05, 4.69) is 28.7 Å².